The van der Waals surface area contributed by atoms with Crippen molar-refractivity contribution in [3.63, 3.8) is 0 Å². The standard InChI is InChI=1S/C29H29N3O3S/c33-27(34)22-15-16-23(19-22)32(29(35)31-28-30-25-13-7-8-14-26(25)36-28)18-17-24(20-9-3-1-4-10-20)21-11-5-2-6-12-21/h1-14,22-24H,15-19H2,(H,33,34)(H,30,31,35)/t22-,23-/m0/s1. The molecule has 1 aliphatic rings. The number of carboxylic acid groups (broad SMARTS) is 1. The first-order valence-electron chi connectivity index (χ1n) is 12.3. The van der Waals surface area contributed by atoms with Crippen LogP contribution in [0.25, 0.3) is 10.2 Å². The first-order chi connectivity index (χ1) is 17.6. The van der Waals surface area contributed by atoms with Gasteiger partial charge in [0.2, 0.25) is 0 Å². The molecule has 1 saturated carbocycles. The summed E-state index contributed by atoms with van der Waals surface area (Å²) in [7, 11) is 0. The lowest BCUT2D eigenvalue weighted by molar-refractivity contribution is -0.141. The van der Waals surface area contributed by atoms with E-state index in [1.165, 1.54) is 22.5 Å². The van der Waals surface area contributed by atoms with E-state index in [9.17, 15) is 14.7 Å². The second kappa shape index (κ2) is 10.9. The van der Waals surface area contributed by atoms with Gasteiger partial charge in [-0.15, -0.1) is 0 Å². The van der Waals surface area contributed by atoms with Gasteiger partial charge >= 0.3 is 12.0 Å². The minimum absolute atomic E-state index is 0.118. The molecule has 0 radical (unpaired) electrons. The van der Waals surface area contributed by atoms with E-state index in [1.54, 1.807) is 0 Å². The van der Waals surface area contributed by atoms with Gasteiger partial charge in [0, 0.05) is 18.5 Å². The van der Waals surface area contributed by atoms with Crippen LogP contribution in [0.15, 0.2) is 84.9 Å². The Morgan fingerprint density at radius 1 is 0.944 bits per heavy atom. The van der Waals surface area contributed by atoms with Crippen molar-refractivity contribution in [3.05, 3.63) is 96.1 Å². The Morgan fingerprint density at radius 3 is 2.19 bits per heavy atom. The first kappa shape index (κ1) is 24.0. The molecule has 7 heteroatoms. The molecule has 2 atom stereocenters. The number of benzene rings is 3. The van der Waals surface area contributed by atoms with E-state index < -0.39 is 11.9 Å². The van der Waals surface area contributed by atoms with Gasteiger partial charge in [0.05, 0.1) is 16.1 Å². The first-order valence-corrected chi connectivity index (χ1v) is 13.2. The van der Waals surface area contributed by atoms with Gasteiger partial charge in [0.25, 0.3) is 0 Å². The molecule has 2 amide bonds. The average Bonchev–Trinajstić information content (AvgIpc) is 3.55. The van der Waals surface area contributed by atoms with Gasteiger partial charge in [-0.2, -0.15) is 0 Å². The largest absolute Gasteiger partial charge is 0.481 e. The Labute approximate surface area is 214 Å². The van der Waals surface area contributed by atoms with Crippen molar-refractivity contribution in [1.82, 2.24) is 9.88 Å². The monoisotopic (exact) mass is 499 g/mol. The number of para-hydroxylation sites is 1. The molecule has 1 aromatic heterocycles. The molecule has 1 fully saturated rings. The molecule has 0 bridgehead atoms. The molecule has 0 spiro atoms. The second-order valence-electron chi connectivity index (χ2n) is 9.27. The van der Waals surface area contributed by atoms with Crippen molar-refractivity contribution in [2.45, 2.75) is 37.6 Å². The molecule has 2 N–H and O–H groups in total. The highest BCUT2D eigenvalue weighted by molar-refractivity contribution is 7.22. The van der Waals surface area contributed by atoms with Crippen molar-refractivity contribution in [3.8, 4) is 0 Å². The Balaban J connectivity index is 1.38. The SMILES string of the molecule is O=C(O)[C@H]1CC[C@H](N(CCC(c2ccccc2)c2ccccc2)C(=O)Nc2nc3ccccc3s2)C1. The highest BCUT2D eigenvalue weighted by atomic mass is 32.1. The van der Waals surface area contributed by atoms with Crippen LogP contribution in [0.1, 0.15) is 42.7 Å². The maximum Gasteiger partial charge on any atom is 0.323 e. The molecule has 5 rings (SSSR count). The predicted molar refractivity (Wildman–Crippen MR) is 143 cm³/mol. The zero-order valence-electron chi connectivity index (χ0n) is 19.9. The molecule has 6 nitrogen and oxygen atoms in total. The van der Waals surface area contributed by atoms with E-state index in [-0.39, 0.29) is 18.0 Å². The number of carboxylic acids is 1. The molecule has 184 valence electrons. The minimum atomic E-state index is -0.782. The molecular formula is C29H29N3O3S. The molecule has 4 aromatic rings. The van der Waals surface area contributed by atoms with Crippen molar-refractivity contribution in [2.75, 3.05) is 11.9 Å². The number of hydrogen-bond donors (Lipinski definition) is 2. The molecule has 1 heterocycles. The van der Waals surface area contributed by atoms with Crippen molar-refractivity contribution >= 4 is 38.7 Å². The van der Waals surface area contributed by atoms with Crippen molar-refractivity contribution in [2.24, 2.45) is 5.92 Å². The molecule has 1 aliphatic carbocycles. The van der Waals surface area contributed by atoms with Gasteiger partial charge < -0.3 is 10.0 Å². The minimum Gasteiger partial charge on any atom is -0.481 e. The summed E-state index contributed by atoms with van der Waals surface area (Å²) >= 11 is 1.45. The number of anilines is 1. The van der Waals surface area contributed by atoms with E-state index in [2.05, 4.69) is 34.6 Å². The normalized spacial score (nSPS) is 17.4. The van der Waals surface area contributed by atoms with Crippen molar-refractivity contribution < 1.29 is 14.7 Å². The number of aromatic nitrogens is 1. The summed E-state index contributed by atoms with van der Waals surface area (Å²) in [6.07, 6.45) is 2.48. The summed E-state index contributed by atoms with van der Waals surface area (Å²) in [5.74, 6) is -1.07. The highest BCUT2D eigenvalue weighted by Crippen LogP contribution is 2.33. The number of thiazole rings is 1. The fourth-order valence-corrected chi connectivity index (χ4v) is 6.02. The number of urea groups is 1. The molecule has 0 unspecified atom stereocenters. The van der Waals surface area contributed by atoms with Crippen LogP contribution < -0.4 is 5.32 Å². The molecule has 0 aliphatic heterocycles. The number of aliphatic carboxylic acids is 1. The second-order valence-corrected chi connectivity index (χ2v) is 10.3. The van der Waals surface area contributed by atoms with Crippen LogP contribution in [0.3, 0.4) is 0 Å². The summed E-state index contributed by atoms with van der Waals surface area (Å²) in [6, 6.07) is 28.1. The number of carbonyl (C=O) groups excluding carboxylic acids is 1. The summed E-state index contributed by atoms with van der Waals surface area (Å²) in [5, 5.41) is 13.1. The fraction of sp³-hybridized carbons (Fsp3) is 0.276. The quantitative estimate of drug-likeness (QED) is 0.286. The molecule has 0 saturated heterocycles. The highest BCUT2D eigenvalue weighted by Gasteiger charge is 2.36. The Kier molecular flexibility index (Phi) is 7.28. The lowest BCUT2D eigenvalue weighted by Crippen LogP contribution is -2.43. The Hall–Kier alpha value is -3.71. The molecular weight excluding hydrogens is 470 g/mol. The van der Waals surface area contributed by atoms with Crippen LogP contribution in [-0.4, -0.2) is 39.6 Å². The van der Waals surface area contributed by atoms with Crippen LogP contribution in [0.2, 0.25) is 0 Å². The molecule has 36 heavy (non-hydrogen) atoms. The molecule has 3 aromatic carbocycles. The number of amides is 2. The summed E-state index contributed by atoms with van der Waals surface area (Å²) in [5.41, 5.74) is 3.25. The number of nitrogens with zero attached hydrogens (tertiary/aromatic N) is 2. The van der Waals surface area contributed by atoms with Crippen LogP contribution in [0.4, 0.5) is 9.93 Å². The van der Waals surface area contributed by atoms with E-state index >= 15 is 0 Å². The predicted octanol–water partition coefficient (Wildman–Crippen LogP) is 6.61. The number of fused-ring (bicyclic) bond motifs is 1. The zero-order chi connectivity index (χ0) is 24.9. The summed E-state index contributed by atoms with van der Waals surface area (Å²) in [4.78, 5) is 31.6. The topological polar surface area (TPSA) is 82.5 Å². The Morgan fingerprint density at radius 2 is 1.58 bits per heavy atom. The third-order valence-corrected chi connectivity index (χ3v) is 7.98. The van der Waals surface area contributed by atoms with Gasteiger partial charge in [-0.05, 0) is 48.9 Å². The van der Waals surface area contributed by atoms with Gasteiger partial charge in [-0.1, -0.05) is 84.1 Å². The number of rotatable bonds is 8. The maximum absolute atomic E-state index is 13.6. The summed E-state index contributed by atoms with van der Waals surface area (Å²) in [6.45, 7) is 0.516. The smallest absolute Gasteiger partial charge is 0.323 e. The van der Waals surface area contributed by atoms with Gasteiger partial charge in [-0.3, -0.25) is 10.1 Å². The summed E-state index contributed by atoms with van der Waals surface area (Å²) < 4.78 is 1.01. The van der Waals surface area contributed by atoms with E-state index in [0.717, 1.165) is 16.6 Å². The Bertz CT molecular complexity index is 1250. The third-order valence-electron chi connectivity index (χ3n) is 7.03. The van der Waals surface area contributed by atoms with Crippen LogP contribution >= 0.6 is 11.3 Å². The van der Waals surface area contributed by atoms with Gasteiger partial charge in [0.1, 0.15) is 0 Å². The van der Waals surface area contributed by atoms with Crippen LogP contribution in [0.5, 0.6) is 0 Å². The number of nitrogens with one attached hydrogen (secondary N) is 1. The van der Waals surface area contributed by atoms with E-state index in [0.29, 0.717) is 30.9 Å². The lowest BCUT2D eigenvalue weighted by atomic mass is 9.88. The van der Waals surface area contributed by atoms with Crippen LogP contribution in [0, 0.1) is 5.92 Å². The number of hydrogen-bond acceptors (Lipinski definition) is 4. The zero-order valence-corrected chi connectivity index (χ0v) is 20.7. The van der Waals surface area contributed by atoms with Gasteiger partial charge in [-0.25, -0.2) is 9.78 Å². The van der Waals surface area contributed by atoms with Gasteiger partial charge in [0.15, 0.2) is 5.13 Å². The van der Waals surface area contributed by atoms with E-state index in [4.69, 9.17) is 0 Å². The average molecular weight is 500 g/mol. The fourth-order valence-electron chi connectivity index (χ4n) is 5.17. The van der Waals surface area contributed by atoms with Crippen molar-refractivity contribution in [1.29, 1.82) is 0 Å². The van der Waals surface area contributed by atoms with E-state index in [1.807, 2.05) is 65.6 Å². The van der Waals surface area contributed by atoms with Crippen LogP contribution in [-0.2, 0) is 4.79 Å². The maximum atomic E-state index is 13.6. The lowest BCUT2D eigenvalue weighted by Gasteiger charge is -2.31. The third kappa shape index (κ3) is 5.41. The number of carbonyl (C=O) groups is 2.